The number of nitrogens with zero attached hydrogens (tertiary/aromatic N) is 1. The molecule has 0 saturated heterocycles. The molecule has 0 spiro atoms. The molecule has 2 rings (SSSR count). The molecule has 0 aliphatic heterocycles. The van der Waals surface area contributed by atoms with Crippen LogP contribution in [0.25, 0.3) is 11.3 Å². The quantitative estimate of drug-likeness (QED) is 0.729. The van der Waals surface area contributed by atoms with Crippen molar-refractivity contribution in [2.45, 2.75) is 45.8 Å². The largest absolute Gasteiger partial charge is 0.544 e. The average molecular weight is 302 g/mol. The minimum absolute atomic E-state index is 0.189. The van der Waals surface area contributed by atoms with Crippen LogP contribution in [0.15, 0.2) is 28.8 Å². The first-order chi connectivity index (χ1) is 9.62. The maximum absolute atomic E-state index is 6.27. The van der Waals surface area contributed by atoms with Crippen molar-refractivity contribution in [1.29, 1.82) is 0 Å². The maximum Gasteiger partial charge on any atom is 0.250 e. The second kappa shape index (κ2) is 5.33. The third-order valence-corrected chi connectivity index (χ3v) is 8.64. The Bertz CT molecular complexity index is 621. The van der Waals surface area contributed by atoms with Crippen LogP contribution in [0.3, 0.4) is 0 Å². The molecule has 4 heteroatoms. The van der Waals surface area contributed by atoms with Gasteiger partial charge in [-0.3, -0.25) is 0 Å². The summed E-state index contributed by atoms with van der Waals surface area (Å²) >= 11 is 0. The molecule has 1 aromatic carbocycles. The summed E-state index contributed by atoms with van der Waals surface area (Å²) in [4.78, 5) is 0. The molecule has 0 bridgehead atoms. The van der Waals surface area contributed by atoms with Gasteiger partial charge in [0, 0.05) is 11.1 Å². The van der Waals surface area contributed by atoms with Crippen molar-refractivity contribution in [2.24, 2.45) is 0 Å². The zero-order chi connectivity index (χ0) is 15.8. The highest BCUT2D eigenvalue weighted by molar-refractivity contribution is 6.74. The zero-order valence-corrected chi connectivity index (χ0v) is 14.8. The third kappa shape index (κ3) is 3.21. The molecule has 113 valence electrons. The van der Waals surface area contributed by atoms with Crippen LogP contribution in [-0.2, 0) is 0 Å². The number of benzene rings is 1. The van der Waals surface area contributed by atoms with Gasteiger partial charge in [0.15, 0.2) is 5.76 Å². The fourth-order valence-corrected chi connectivity index (χ4v) is 2.77. The van der Waals surface area contributed by atoms with Gasteiger partial charge in [0.05, 0.1) is 5.69 Å². The highest BCUT2D eigenvalue weighted by atomic mass is 28.4. The normalized spacial score (nSPS) is 12.5. The maximum atomic E-state index is 6.27. The molecule has 1 heterocycles. The Morgan fingerprint density at radius 2 is 1.71 bits per heavy atom. The van der Waals surface area contributed by atoms with Gasteiger partial charge < -0.3 is 8.95 Å². The van der Waals surface area contributed by atoms with Crippen molar-refractivity contribution in [3.05, 3.63) is 42.4 Å². The summed E-state index contributed by atoms with van der Waals surface area (Å²) in [6.45, 7) is 17.1. The van der Waals surface area contributed by atoms with Gasteiger partial charge in [-0.15, -0.1) is 0 Å². The number of hydrogen-bond donors (Lipinski definition) is 0. The lowest BCUT2D eigenvalue weighted by Crippen LogP contribution is -2.43. The molecule has 1 radical (unpaired) electrons. The minimum Gasteiger partial charge on any atom is -0.544 e. The van der Waals surface area contributed by atoms with Gasteiger partial charge in [0.25, 0.3) is 0 Å². The second-order valence-corrected chi connectivity index (χ2v) is 11.7. The van der Waals surface area contributed by atoms with Gasteiger partial charge in [-0.1, -0.05) is 25.9 Å². The van der Waals surface area contributed by atoms with E-state index < -0.39 is 8.32 Å². The number of aryl methyl sites for hydroxylation is 1. The van der Waals surface area contributed by atoms with Gasteiger partial charge in [-0.2, -0.15) is 0 Å². The van der Waals surface area contributed by atoms with E-state index in [0.29, 0.717) is 0 Å². The van der Waals surface area contributed by atoms with E-state index in [1.165, 1.54) is 0 Å². The van der Waals surface area contributed by atoms with Crippen LogP contribution in [0.4, 0.5) is 0 Å². The van der Waals surface area contributed by atoms with Gasteiger partial charge in [-0.05, 0) is 56.2 Å². The first-order valence-electron chi connectivity index (χ1n) is 7.19. The van der Waals surface area contributed by atoms with E-state index in [9.17, 15) is 0 Å². The molecule has 21 heavy (non-hydrogen) atoms. The van der Waals surface area contributed by atoms with Gasteiger partial charge >= 0.3 is 0 Å². The molecule has 2 aromatic rings. The fraction of sp³-hybridized carbons (Fsp3) is 0.412. The van der Waals surface area contributed by atoms with Crippen LogP contribution < -0.4 is 4.43 Å². The molecule has 0 saturated carbocycles. The van der Waals surface area contributed by atoms with Crippen LogP contribution in [0.5, 0.6) is 5.75 Å². The van der Waals surface area contributed by atoms with E-state index in [2.05, 4.69) is 45.9 Å². The van der Waals surface area contributed by atoms with Crippen LogP contribution >= 0.6 is 0 Å². The van der Waals surface area contributed by atoms with Crippen molar-refractivity contribution in [3.8, 4) is 17.1 Å². The van der Waals surface area contributed by atoms with E-state index in [-0.39, 0.29) is 5.04 Å². The number of aromatic nitrogens is 1. The Morgan fingerprint density at radius 3 is 2.14 bits per heavy atom. The minimum atomic E-state index is -1.80. The lowest BCUT2D eigenvalue weighted by atomic mass is 10.1. The molecule has 3 nitrogen and oxygen atoms in total. The molecular weight excluding hydrogens is 278 g/mol. The molecule has 0 aliphatic rings. The monoisotopic (exact) mass is 302 g/mol. The predicted octanol–water partition coefficient (Wildman–Crippen LogP) is 5.22. The molecular formula is C17H24NO2Si. The van der Waals surface area contributed by atoms with Crippen molar-refractivity contribution >= 4 is 8.32 Å². The Morgan fingerprint density at radius 1 is 1.14 bits per heavy atom. The van der Waals surface area contributed by atoms with E-state index in [1.54, 1.807) is 0 Å². The van der Waals surface area contributed by atoms with E-state index in [0.717, 1.165) is 28.3 Å². The van der Waals surface area contributed by atoms with E-state index >= 15 is 0 Å². The smallest absolute Gasteiger partial charge is 0.250 e. The first-order valence-corrected chi connectivity index (χ1v) is 10.1. The lowest BCUT2D eigenvalue weighted by molar-refractivity contribution is 0.427. The van der Waals surface area contributed by atoms with Crippen molar-refractivity contribution in [2.75, 3.05) is 0 Å². The van der Waals surface area contributed by atoms with E-state index in [4.69, 9.17) is 8.95 Å². The van der Waals surface area contributed by atoms with Crippen LogP contribution in [0.1, 0.15) is 32.0 Å². The highest BCUT2D eigenvalue weighted by Gasteiger charge is 2.38. The summed E-state index contributed by atoms with van der Waals surface area (Å²) in [5, 5.41) is 4.13. The molecule has 0 atom stereocenters. The summed E-state index contributed by atoms with van der Waals surface area (Å²) in [5.74, 6) is 1.64. The Hall–Kier alpha value is -1.55. The fourth-order valence-electron chi connectivity index (χ4n) is 1.74. The van der Waals surface area contributed by atoms with Gasteiger partial charge in [-0.25, -0.2) is 0 Å². The van der Waals surface area contributed by atoms with Crippen LogP contribution in [0.2, 0.25) is 18.1 Å². The third-order valence-electron chi connectivity index (χ3n) is 4.28. The second-order valence-electron chi connectivity index (χ2n) is 6.96. The summed E-state index contributed by atoms with van der Waals surface area (Å²) in [6.07, 6.45) is 0. The summed E-state index contributed by atoms with van der Waals surface area (Å²) in [6, 6.07) is 7.98. The van der Waals surface area contributed by atoms with E-state index in [1.807, 2.05) is 31.2 Å². The summed E-state index contributed by atoms with van der Waals surface area (Å²) in [5.41, 5.74) is 2.64. The zero-order valence-electron chi connectivity index (χ0n) is 13.8. The molecule has 0 aliphatic carbocycles. The SMILES string of the molecule is [CH2]c1c(C)noc1-c1ccc(O[Si](C)(C)C(C)(C)C)cc1. The molecule has 0 amide bonds. The first kappa shape index (κ1) is 15.8. The summed E-state index contributed by atoms with van der Waals surface area (Å²) < 4.78 is 11.6. The Balaban J connectivity index is 2.22. The number of rotatable bonds is 3. The molecule has 0 N–H and O–H groups in total. The topological polar surface area (TPSA) is 35.3 Å². The Labute approximate surface area is 128 Å². The average Bonchev–Trinajstić information content (AvgIpc) is 2.69. The van der Waals surface area contributed by atoms with Crippen molar-refractivity contribution in [1.82, 2.24) is 5.16 Å². The predicted molar refractivity (Wildman–Crippen MR) is 89.0 cm³/mol. The van der Waals surface area contributed by atoms with Crippen molar-refractivity contribution in [3.63, 3.8) is 0 Å². The Kier molecular flexibility index (Phi) is 4.02. The van der Waals surface area contributed by atoms with Gasteiger partial charge in [0.2, 0.25) is 8.32 Å². The highest BCUT2D eigenvalue weighted by Crippen LogP contribution is 2.37. The van der Waals surface area contributed by atoms with Gasteiger partial charge in [0.1, 0.15) is 5.75 Å². The number of hydrogen-bond acceptors (Lipinski definition) is 3. The van der Waals surface area contributed by atoms with Crippen LogP contribution in [-0.4, -0.2) is 13.5 Å². The van der Waals surface area contributed by atoms with Crippen LogP contribution in [0, 0.1) is 13.8 Å². The molecule has 1 aromatic heterocycles. The van der Waals surface area contributed by atoms with Crippen molar-refractivity contribution < 1.29 is 8.95 Å². The summed E-state index contributed by atoms with van der Waals surface area (Å²) in [7, 11) is -1.80. The molecule has 0 unspecified atom stereocenters. The molecule has 0 fully saturated rings. The standard InChI is InChI=1S/C17H24NO2Si/c1-12-13(2)18-19-16(12)14-8-10-15(11-9-14)20-21(6,7)17(3,4)5/h8-11H,1H2,2-7H3. The lowest BCUT2D eigenvalue weighted by Gasteiger charge is -2.36.